The summed E-state index contributed by atoms with van der Waals surface area (Å²) in [7, 11) is 0. The molecule has 0 amide bonds. The summed E-state index contributed by atoms with van der Waals surface area (Å²) < 4.78 is 85.6. The fourth-order valence-corrected chi connectivity index (χ4v) is 17.8. The van der Waals surface area contributed by atoms with Gasteiger partial charge in [-0.2, -0.15) is 0 Å². The first-order valence-electron chi connectivity index (χ1n) is 33.8. The highest BCUT2D eigenvalue weighted by molar-refractivity contribution is 5.77. The normalized spacial score (nSPS) is 54.9. The van der Waals surface area contributed by atoms with Gasteiger partial charge in [0.25, 0.3) is 0 Å². The average molecular weight is 1440 g/mol. The number of aliphatic hydroxyl groups excluding tert-OH is 22. The lowest BCUT2D eigenvalue weighted by Crippen LogP contribution is -2.68. The molecule has 11 aliphatic rings. The summed E-state index contributed by atoms with van der Waals surface area (Å²) >= 11 is 0. The van der Waals surface area contributed by atoms with Crippen LogP contribution >= 0.6 is 0 Å². The van der Waals surface area contributed by atoms with Gasteiger partial charge >= 0.3 is 5.97 Å². The number of fused-ring (bicyclic) bond motifs is 3. The summed E-state index contributed by atoms with van der Waals surface area (Å²) in [6.07, 6.45) is -61.9. The molecule has 0 radical (unpaired) electrons. The Hall–Kier alpha value is -2.19. The standard InChI is InChI=1S/C62H100O37/c1-20-12-61-10-6-28-59(3,8-5-9-60(28,4)58(85)98-56-49(96-55-46(84)41(79)34(72)25(16-66)91-55)47(35(73)26(17-67)92-56)94-53-44(82)39(77)32(70)23(14-64)89-53)29(61)7-11-62(20,19-61)99-57-50(97-52-43(81)37(75)30(68)21(2)87-52)48(95-54-45(83)40(78)33(71)24(15-65)90-54)36(74)27(93-57)18-86-51-42(80)38(76)31(69)22(13-63)88-51/h21-57,63-84H,1,5-19H2,2-4H3/t21-,22+,23+,24+,25+,26+,27+,28-,29-,30-,31+,32+,33+,34+,35?,36+,37+,38-,39-,40-,41-,42+,43+,44+,45+,46+,47-,48-,49+,50+,51+,52-,53-,54-,55-,56-,57-,59+,60+,61+,62-/m0/s1. The van der Waals surface area contributed by atoms with Crippen LogP contribution in [0.15, 0.2) is 12.2 Å². The molecule has 0 aromatic heterocycles. The molecule has 2 bridgehead atoms. The van der Waals surface area contributed by atoms with Crippen LogP contribution in [0.5, 0.6) is 0 Å². The topological polar surface area (TPSA) is 591 Å². The second-order valence-electron chi connectivity index (χ2n) is 29.3. The Morgan fingerprint density at radius 1 is 0.424 bits per heavy atom. The number of aliphatic hydroxyl groups is 22. The summed E-state index contributed by atoms with van der Waals surface area (Å²) in [4.78, 5) is 15.5. The van der Waals surface area contributed by atoms with Crippen molar-refractivity contribution in [2.24, 2.45) is 28.1 Å². The molecule has 37 nitrogen and oxygen atoms in total. The lowest BCUT2D eigenvalue weighted by Gasteiger charge is -2.64. The molecule has 7 heterocycles. The van der Waals surface area contributed by atoms with Gasteiger partial charge in [0, 0.05) is 0 Å². The number of carbonyl (C=O) groups is 1. The molecule has 1 unspecified atom stereocenters. The van der Waals surface area contributed by atoms with Crippen molar-refractivity contribution >= 4 is 5.97 Å². The van der Waals surface area contributed by atoms with E-state index in [9.17, 15) is 112 Å². The zero-order valence-electron chi connectivity index (χ0n) is 54.6. The van der Waals surface area contributed by atoms with E-state index in [2.05, 4.69) is 13.5 Å². The van der Waals surface area contributed by atoms with Crippen molar-refractivity contribution in [2.45, 2.75) is 299 Å². The van der Waals surface area contributed by atoms with E-state index in [1.165, 1.54) is 6.92 Å². The first-order valence-corrected chi connectivity index (χ1v) is 33.8. The van der Waals surface area contributed by atoms with Crippen molar-refractivity contribution < 1.29 is 183 Å². The second-order valence-corrected chi connectivity index (χ2v) is 29.3. The third-order valence-electron chi connectivity index (χ3n) is 23.4. The number of esters is 1. The first kappa shape index (κ1) is 77.9. The minimum atomic E-state index is -2.10. The van der Waals surface area contributed by atoms with Gasteiger partial charge in [-0.15, -0.1) is 0 Å². The maximum Gasteiger partial charge on any atom is 0.314 e. The molecule has 1 spiro atoms. The quantitative estimate of drug-likeness (QED) is 0.0306. The van der Waals surface area contributed by atoms with Crippen LogP contribution in [0.2, 0.25) is 0 Å². The largest absolute Gasteiger partial charge is 0.432 e. The van der Waals surface area contributed by atoms with Crippen LogP contribution in [0.4, 0.5) is 0 Å². The molecule has 7 saturated heterocycles. The average Bonchev–Trinajstić information content (AvgIpc) is 1.58. The molecule has 11 fully saturated rings. The summed E-state index contributed by atoms with van der Waals surface area (Å²) in [6, 6.07) is 0. The maximum absolute atomic E-state index is 15.5. The zero-order valence-corrected chi connectivity index (χ0v) is 54.6. The van der Waals surface area contributed by atoms with Crippen molar-refractivity contribution in [2.75, 3.05) is 39.6 Å². The van der Waals surface area contributed by atoms with Crippen LogP contribution in [0.1, 0.15) is 78.6 Å². The molecule has 0 aromatic carbocycles. The van der Waals surface area contributed by atoms with Crippen LogP contribution < -0.4 is 0 Å². The lowest BCUT2D eigenvalue weighted by molar-refractivity contribution is -0.402. The smallest absolute Gasteiger partial charge is 0.314 e. The van der Waals surface area contributed by atoms with Crippen molar-refractivity contribution in [1.82, 2.24) is 0 Å². The van der Waals surface area contributed by atoms with Crippen molar-refractivity contribution in [3.8, 4) is 0 Å². The third kappa shape index (κ3) is 14.1. The molecule has 4 aliphatic carbocycles. The molecule has 0 aromatic rings. The fraction of sp³-hybridized carbons (Fsp3) is 0.952. The number of ether oxygens (including phenoxy) is 14. The highest BCUT2D eigenvalue weighted by Gasteiger charge is 2.70. The van der Waals surface area contributed by atoms with Gasteiger partial charge in [-0.25, -0.2) is 0 Å². The highest BCUT2D eigenvalue weighted by Crippen LogP contribution is 2.74. The molecule has 99 heavy (non-hydrogen) atoms. The predicted molar refractivity (Wildman–Crippen MR) is 316 cm³/mol. The van der Waals surface area contributed by atoms with Crippen molar-refractivity contribution in [1.29, 1.82) is 0 Å². The number of carbonyl (C=O) groups excluding carboxylic acids is 1. The molecule has 22 N–H and O–H groups in total. The molecule has 7 aliphatic heterocycles. The summed E-state index contributed by atoms with van der Waals surface area (Å²) in [5.41, 5.74) is -3.56. The Balaban J connectivity index is 0.886. The van der Waals surface area contributed by atoms with Gasteiger partial charge in [0.2, 0.25) is 6.29 Å². The predicted octanol–water partition coefficient (Wildman–Crippen LogP) is -10.6. The van der Waals surface area contributed by atoms with Crippen molar-refractivity contribution in [3.63, 3.8) is 0 Å². The zero-order chi connectivity index (χ0) is 72.0. The lowest BCUT2D eigenvalue weighted by atomic mass is 9.41. The Morgan fingerprint density at radius 3 is 1.29 bits per heavy atom. The van der Waals surface area contributed by atoms with Crippen molar-refractivity contribution in [3.05, 3.63) is 12.2 Å². The van der Waals surface area contributed by atoms with E-state index in [4.69, 9.17) is 66.3 Å². The van der Waals surface area contributed by atoms with E-state index in [-0.39, 0.29) is 25.2 Å². The molecular formula is C62H100O37. The van der Waals surface area contributed by atoms with Gasteiger partial charge in [-0.1, -0.05) is 19.9 Å². The van der Waals surface area contributed by atoms with Gasteiger partial charge < -0.3 is 179 Å². The van der Waals surface area contributed by atoms with E-state index >= 15 is 4.79 Å². The summed E-state index contributed by atoms with van der Waals surface area (Å²) in [5.74, 6) is -1.57. The summed E-state index contributed by atoms with van der Waals surface area (Å²) in [6.45, 7) is 4.43. The number of hydrogen-bond acceptors (Lipinski definition) is 37. The Bertz CT molecular complexity index is 2700. The fourth-order valence-electron chi connectivity index (χ4n) is 17.8. The summed E-state index contributed by atoms with van der Waals surface area (Å²) in [5, 5.41) is 239. The van der Waals surface area contributed by atoms with Crippen LogP contribution in [-0.4, -0.2) is 378 Å². The third-order valence-corrected chi connectivity index (χ3v) is 23.4. The number of rotatable bonds is 20. The van der Waals surface area contributed by atoms with Gasteiger partial charge in [-0.05, 0) is 93.5 Å². The van der Waals surface area contributed by atoms with Crippen LogP contribution in [0.3, 0.4) is 0 Å². The van der Waals surface area contributed by atoms with E-state index in [1.54, 1.807) is 6.92 Å². The molecule has 41 atom stereocenters. The number of hydrogen-bond donors (Lipinski definition) is 22. The SMILES string of the molecule is C=C1C[C@@]23CC[C@H]4[C@@](C)(CCC[C@@]4(C)C(=O)O[C@@H]4O[C@H](CO)C(O)[C@H](O[C@@H]5O[C@H](CO)[C@@H](O)[C@H](O)[C@H]5O)[C@H]4O[C@@H]4O[C@H](CO)[C@@H](O)[C@H](O)[C@H]4O)[C@@H]2CC[C@]1(O[C@@H]1O[C@H](CO[C@@H]2O[C@H](CO)[C@@H](O)[C@H](O)[C@H]2O)[C@@H](O)[C@H](O[C@@H]2O[C@H](CO)[C@@H](O)[C@H](O)[C@H]2O)[C@H]1O[C@@H]1O[C@@H](C)[C@H](O)[C@@H](O)[C@H]1O)C3. The Morgan fingerprint density at radius 2 is 0.808 bits per heavy atom. The van der Waals surface area contributed by atoms with Gasteiger partial charge in [0.15, 0.2) is 43.8 Å². The van der Waals surface area contributed by atoms with Crippen LogP contribution in [0, 0.1) is 28.1 Å². The second kappa shape index (κ2) is 30.6. The van der Waals surface area contributed by atoms with Gasteiger partial charge in [0.05, 0.1) is 56.8 Å². The minimum Gasteiger partial charge on any atom is -0.432 e. The molecule has 570 valence electrons. The van der Waals surface area contributed by atoms with Crippen LogP contribution in [0.25, 0.3) is 0 Å². The first-order chi connectivity index (χ1) is 46.8. The van der Waals surface area contributed by atoms with Gasteiger partial charge in [-0.3, -0.25) is 4.79 Å². The molecule has 37 heteroatoms. The molecule has 4 saturated carbocycles. The Labute approximate surface area is 566 Å². The minimum absolute atomic E-state index is 0.180. The molecule has 11 rings (SSSR count). The monoisotopic (exact) mass is 1440 g/mol. The van der Waals surface area contributed by atoms with Crippen LogP contribution in [-0.2, 0) is 71.1 Å². The van der Waals surface area contributed by atoms with Gasteiger partial charge in [0.1, 0.15) is 159 Å². The molecular weight excluding hydrogens is 1340 g/mol. The van der Waals surface area contributed by atoms with E-state index in [0.29, 0.717) is 44.1 Å². The highest BCUT2D eigenvalue weighted by atomic mass is 16.8. The Kier molecular flexibility index (Phi) is 24.1. The maximum atomic E-state index is 15.5. The van der Waals surface area contributed by atoms with E-state index < -0.39 is 288 Å². The van der Waals surface area contributed by atoms with E-state index in [0.717, 1.165) is 0 Å². The van der Waals surface area contributed by atoms with E-state index in [1.807, 2.05) is 0 Å².